The molecule has 0 saturated heterocycles. The number of rotatable bonds is 6. The largest absolute Gasteiger partial charge is 0.478 e. The second-order valence-corrected chi connectivity index (χ2v) is 8.36. The summed E-state index contributed by atoms with van der Waals surface area (Å²) in [5, 5.41) is 35.9. The fourth-order valence-corrected chi connectivity index (χ4v) is 2.39. The molecule has 0 radical (unpaired) electrons. The van der Waals surface area contributed by atoms with Crippen LogP contribution in [0, 0.1) is 11.3 Å². The third-order valence-corrected chi connectivity index (χ3v) is 4.97. The molecule has 0 aliphatic carbocycles. The quantitative estimate of drug-likeness (QED) is 0.513. The van der Waals surface area contributed by atoms with Gasteiger partial charge in [-0.25, -0.2) is 9.59 Å². The van der Waals surface area contributed by atoms with E-state index in [2.05, 4.69) is 20.8 Å². The van der Waals surface area contributed by atoms with Crippen molar-refractivity contribution in [3.05, 3.63) is 71.8 Å². The Bertz CT molecular complexity index is 703. The minimum absolute atomic E-state index is 0.104. The van der Waals surface area contributed by atoms with Crippen molar-refractivity contribution in [3.8, 4) is 0 Å². The molecule has 0 amide bonds. The number of hydrogen-bond donors (Lipinski definition) is 4. The highest BCUT2D eigenvalue weighted by molar-refractivity contribution is 5.87. The first-order valence-electron chi connectivity index (χ1n) is 10.3. The SMILES string of the molecule is CCC(O)CC(O)C(C)C(C)(C)C.O=C(O)c1ccccc1.O=C(O)c1ccccc1. The summed E-state index contributed by atoms with van der Waals surface area (Å²) in [4.78, 5) is 20.4. The zero-order valence-electron chi connectivity index (χ0n) is 19.0. The molecule has 0 bridgehead atoms. The molecular weight excluding hydrogens is 396 g/mol. The number of aromatic carboxylic acids is 2. The van der Waals surface area contributed by atoms with Crippen molar-refractivity contribution >= 4 is 11.9 Å². The molecule has 2 rings (SSSR count). The molecular formula is C25H36O6. The average Bonchev–Trinajstić information content (AvgIpc) is 2.74. The van der Waals surface area contributed by atoms with E-state index < -0.39 is 18.0 Å². The summed E-state index contributed by atoms with van der Waals surface area (Å²) in [6.45, 7) is 10.3. The molecule has 172 valence electrons. The second-order valence-electron chi connectivity index (χ2n) is 8.36. The number of aliphatic hydroxyl groups is 2. The van der Waals surface area contributed by atoms with Crippen LogP contribution in [0.15, 0.2) is 60.7 Å². The lowest BCUT2D eigenvalue weighted by molar-refractivity contribution is 0.0109. The molecule has 0 fully saturated rings. The van der Waals surface area contributed by atoms with Gasteiger partial charge in [-0.2, -0.15) is 0 Å². The van der Waals surface area contributed by atoms with E-state index in [-0.39, 0.29) is 17.4 Å². The summed E-state index contributed by atoms with van der Waals surface area (Å²) in [6.07, 6.45) is 0.456. The third-order valence-electron chi connectivity index (χ3n) is 4.97. The maximum Gasteiger partial charge on any atom is 0.335 e. The van der Waals surface area contributed by atoms with Gasteiger partial charge in [-0.1, -0.05) is 71.0 Å². The number of benzene rings is 2. The maximum atomic E-state index is 10.2. The maximum absolute atomic E-state index is 10.2. The molecule has 6 heteroatoms. The predicted octanol–water partition coefficient (Wildman–Crippen LogP) is 4.96. The molecule has 0 aliphatic rings. The number of hydrogen-bond acceptors (Lipinski definition) is 4. The van der Waals surface area contributed by atoms with Gasteiger partial charge < -0.3 is 20.4 Å². The minimum atomic E-state index is -0.879. The van der Waals surface area contributed by atoms with E-state index in [1.54, 1.807) is 60.7 Å². The van der Waals surface area contributed by atoms with Gasteiger partial charge in [-0.15, -0.1) is 0 Å². The van der Waals surface area contributed by atoms with Crippen LogP contribution in [0.4, 0.5) is 0 Å². The summed E-state index contributed by atoms with van der Waals surface area (Å²) in [7, 11) is 0. The van der Waals surface area contributed by atoms with E-state index in [4.69, 9.17) is 10.2 Å². The van der Waals surface area contributed by atoms with Crippen LogP contribution in [0.2, 0.25) is 0 Å². The Morgan fingerprint density at radius 2 is 1.16 bits per heavy atom. The highest BCUT2D eigenvalue weighted by Gasteiger charge is 2.27. The summed E-state index contributed by atoms with van der Waals surface area (Å²) in [6, 6.07) is 16.6. The van der Waals surface area contributed by atoms with E-state index in [0.717, 1.165) is 0 Å². The average molecular weight is 433 g/mol. The topological polar surface area (TPSA) is 115 Å². The number of aliphatic hydroxyl groups excluding tert-OH is 2. The van der Waals surface area contributed by atoms with Crippen molar-refractivity contribution < 1.29 is 30.0 Å². The molecule has 6 nitrogen and oxygen atoms in total. The lowest BCUT2D eigenvalue weighted by Crippen LogP contribution is -2.32. The number of carbonyl (C=O) groups is 2. The third kappa shape index (κ3) is 12.6. The summed E-state index contributed by atoms with van der Waals surface area (Å²) in [5.74, 6) is -1.54. The molecule has 2 aromatic carbocycles. The molecule has 0 heterocycles. The van der Waals surface area contributed by atoms with Gasteiger partial charge in [0.15, 0.2) is 0 Å². The highest BCUT2D eigenvalue weighted by atomic mass is 16.4. The van der Waals surface area contributed by atoms with Gasteiger partial charge >= 0.3 is 11.9 Å². The van der Waals surface area contributed by atoms with Gasteiger partial charge in [0.2, 0.25) is 0 Å². The monoisotopic (exact) mass is 432 g/mol. The van der Waals surface area contributed by atoms with E-state index in [1.165, 1.54) is 0 Å². The normalized spacial score (nSPS) is 13.4. The van der Waals surface area contributed by atoms with E-state index in [0.29, 0.717) is 24.0 Å². The standard InChI is InChI=1S/C11H24O2.2C7H6O2/c1-6-9(12)7-10(13)8(2)11(3,4)5;2*8-7(9)6-4-2-1-3-5-6/h8-10,12-13H,6-7H2,1-5H3;2*1-5H,(H,8,9). The molecule has 4 N–H and O–H groups in total. The fourth-order valence-electron chi connectivity index (χ4n) is 2.39. The molecule has 2 aromatic rings. The zero-order valence-corrected chi connectivity index (χ0v) is 19.0. The van der Waals surface area contributed by atoms with Crippen LogP contribution in [-0.4, -0.2) is 44.6 Å². The molecule has 0 spiro atoms. The van der Waals surface area contributed by atoms with Crippen LogP contribution in [0.5, 0.6) is 0 Å². The lowest BCUT2D eigenvalue weighted by atomic mass is 9.77. The van der Waals surface area contributed by atoms with Crippen molar-refractivity contribution in [1.82, 2.24) is 0 Å². The van der Waals surface area contributed by atoms with Crippen LogP contribution in [0.1, 0.15) is 68.2 Å². The second kappa shape index (κ2) is 14.3. The van der Waals surface area contributed by atoms with Gasteiger partial charge in [0, 0.05) is 0 Å². The number of carboxylic acids is 2. The molecule has 3 unspecified atom stereocenters. The van der Waals surface area contributed by atoms with Crippen molar-refractivity contribution in [2.24, 2.45) is 11.3 Å². The first-order valence-corrected chi connectivity index (χ1v) is 10.3. The fraction of sp³-hybridized carbons (Fsp3) is 0.440. The zero-order chi connectivity index (χ0) is 24.0. The predicted molar refractivity (Wildman–Crippen MR) is 122 cm³/mol. The minimum Gasteiger partial charge on any atom is -0.478 e. The molecule has 0 aromatic heterocycles. The van der Waals surface area contributed by atoms with Crippen LogP contribution < -0.4 is 0 Å². The molecule has 31 heavy (non-hydrogen) atoms. The summed E-state index contributed by atoms with van der Waals surface area (Å²) < 4.78 is 0. The Labute approximate surface area is 185 Å². The molecule has 0 aliphatic heterocycles. The van der Waals surface area contributed by atoms with E-state index >= 15 is 0 Å². The van der Waals surface area contributed by atoms with E-state index in [9.17, 15) is 19.8 Å². The van der Waals surface area contributed by atoms with Crippen LogP contribution >= 0.6 is 0 Å². The van der Waals surface area contributed by atoms with Gasteiger partial charge in [-0.3, -0.25) is 0 Å². The van der Waals surface area contributed by atoms with Crippen molar-refractivity contribution in [1.29, 1.82) is 0 Å². The van der Waals surface area contributed by atoms with E-state index in [1.807, 2.05) is 13.8 Å². The van der Waals surface area contributed by atoms with Crippen LogP contribution in [0.25, 0.3) is 0 Å². The Hall–Kier alpha value is -2.70. The first-order chi connectivity index (χ1) is 14.4. The van der Waals surface area contributed by atoms with Crippen LogP contribution in [0.3, 0.4) is 0 Å². The molecule has 0 saturated carbocycles. The number of carboxylic acid groups (broad SMARTS) is 2. The van der Waals surface area contributed by atoms with Crippen molar-refractivity contribution in [2.45, 2.75) is 59.7 Å². The van der Waals surface area contributed by atoms with Gasteiger partial charge in [0.25, 0.3) is 0 Å². The summed E-state index contributed by atoms with van der Waals surface area (Å²) >= 11 is 0. The Morgan fingerprint density at radius 1 is 0.806 bits per heavy atom. The Morgan fingerprint density at radius 3 is 1.39 bits per heavy atom. The first kappa shape index (κ1) is 28.3. The summed E-state index contributed by atoms with van der Waals surface area (Å²) in [5.41, 5.74) is 0.766. The van der Waals surface area contributed by atoms with Crippen molar-refractivity contribution in [2.75, 3.05) is 0 Å². The Balaban J connectivity index is 0.000000445. The van der Waals surface area contributed by atoms with Gasteiger partial charge in [0.1, 0.15) is 0 Å². The molecule has 3 atom stereocenters. The highest BCUT2D eigenvalue weighted by Crippen LogP contribution is 2.30. The van der Waals surface area contributed by atoms with Crippen molar-refractivity contribution in [3.63, 3.8) is 0 Å². The Kier molecular flexibility index (Phi) is 13.1. The van der Waals surface area contributed by atoms with Gasteiger partial charge in [0.05, 0.1) is 23.3 Å². The smallest absolute Gasteiger partial charge is 0.335 e. The lowest BCUT2D eigenvalue weighted by Gasteiger charge is -2.32. The van der Waals surface area contributed by atoms with Gasteiger partial charge in [-0.05, 0) is 48.4 Å². The van der Waals surface area contributed by atoms with Crippen LogP contribution in [-0.2, 0) is 0 Å².